The van der Waals surface area contributed by atoms with Gasteiger partial charge in [0.05, 0.1) is 11.6 Å². The second kappa shape index (κ2) is 6.39. The van der Waals surface area contributed by atoms with Gasteiger partial charge < -0.3 is 10.2 Å². The number of hydrogen-bond donors (Lipinski definition) is 1. The first-order valence-corrected chi connectivity index (χ1v) is 7.88. The lowest BCUT2D eigenvalue weighted by Crippen LogP contribution is -2.40. The molecule has 1 aliphatic rings. The van der Waals surface area contributed by atoms with Crippen LogP contribution in [0.5, 0.6) is 0 Å². The minimum absolute atomic E-state index is 0.701. The van der Waals surface area contributed by atoms with E-state index in [2.05, 4.69) is 32.2 Å². The number of aryl methyl sites for hydroxylation is 1. The molecule has 2 aromatic rings. The first-order chi connectivity index (χ1) is 10.3. The van der Waals surface area contributed by atoms with E-state index in [9.17, 15) is 0 Å². The molecule has 0 amide bonds. The molecule has 1 fully saturated rings. The topological polar surface area (TPSA) is 58.9 Å². The van der Waals surface area contributed by atoms with Gasteiger partial charge in [0, 0.05) is 20.1 Å². The van der Waals surface area contributed by atoms with E-state index in [1.54, 1.807) is 6.33 Å². The molecule has 0 saturated carbocycles. The van der Waals surface area contributed by atoms with Crippen molar-refractivity contribution < 1.29 is 0 Å². The number of anilines is 1. The van der Waals surface area contributed by atoms with E-state index in [1.807, 2.05) is 17.9 Å². The van der Waals surface area contributed by atoms with Crippen LogP contribution in [0.15, 0.2) is 12.5 Å². The van der Waals surface area contributed by atoms with Crippen LogP contribution in [0.1, 0.15) is 26.2 Å². The highest BCUT2D eigenvalue weighted by Gasteiger charge is 2.22. The molecule has 0 radical (unpaired) electrons. The first-order valence-electron chi connectivity index (χ1n) is 7.88. The second-order valence-corrected chi connectivity index (χ2v) is 5.86. The Morgan fingerprint density at radius 1 is 1.38 bits per heavy atom. The number of rotatable bonds is 5. The molecule has 114 valence electrons. The Hall–Kier alpha value is -1.69. The normalized spacial score (nSPS) is 19.3. The summed E-state index contributed by atoms with van der Waals surface area (Å²) in [7, 11) is 1.92. The van der Waals surface area contributed by atoms with Gasteiger partial charge in [-0.25, -0.2) is 9.97 Å². The van der Waals surface area contributed by atoms with Crippen molar-refractivity contribution in [1.29, 1.82) is 0 Å². The number of aromatic nitrogens is 4. The highest BCUT2D eigenvalue weighted by atomic mass is 15.3. The Bertz CT molecular complexity index is 593. The predicted molar refractivity (Wildman–Crippen MR) is 84.4 cm³/mol. The van der Waals surface area contributed by atoms with Crippen molar-refractivity contribution in [2.75, 3.05) is 31.1 Å². The Labute approximate surface area is 125 Å². The SMILES string of the molecule is CCCNCC1CCCN(c2ncnc3c2cnn3C)C1. The minimum Gasteiger partial charge on any atom is -0.356 e. The molecule has 1 atom stereocenters. The summed E-state index contributed by atoms with van der Waals surface area (Å²) in [5.74, 6) is 1.74. The summed E-state index contributed by atoms with van der Waals surface area (Å²) in [5.41, 5.74) is 0.909. The molecular weight excluding hydrogens is 264 g/mol. The van der Waals surface area contributed by atoms with Crippen LogP contribution in [-0.4, -0.2) is 45.9 Å². The fourth-order valence-electron chi connectivity index (χ4n) is 3.11. The zero-order valence-electron chi connectivity index (χ0n) is 12.9. The summed E-state index contributed by atoms with van der Waals surface area (Å²) in [6.07, 6.45) is 7.25. The molecule has 3 rings (SSSR count). The molecule has 1 saturated heterocycles. The quantitative estimate of drug-likeness (QED) is 0.847. The van der Waals surface area contributed by atoms with Crippen molar-refractivity contribution in [1.82, 2.24) is 25.1 Å². The first kappa shape index (κ1) is 14.3. The summed E-state index contributed by atoms with van der Waals surface area (Å²) in [6, 6.07) is 0. The third-order valence-electron chi connectivity index (χ3n) is 4.19. The maximum Gasteiger partial charge on any atom is 0.163 e. The summed E-state index contributed by atoms with van der Waals surface area (Å²) >= 11 is 0. The molecule has 1 N–H and O–H groups in total. The number of piperidine rings is 1. The average Bonchev–Trinajstić information content (AvgIpc) is 2.90. The Kier molecular flexibility index (Phi) is 4.34. The monoisotopic (exact) mass is 288 g/mol. The van der Waals surface area contributed by atoms with Crippen molar-refractivity contribution >= 4 is 16.9 Å². The maximum absolute atomic E-state index is 4.52. The van der Waals surface area contributed by atoms with Gasteiger partial charge >= 0.3 is 0 Å². The minimum atomic E-state index is 0.701. The van der Waals surface area contributed by atoms with Crippen LogP contribution in [-0.2, 0) is 7.05 Å². The van der Waals surface area contributed by atoms with Crippen molar-refractivity contribution in [3.63, 3.8) is 0 Å². The number of nitrogens with zero attached hydrogens (tertiary/aromatic N) is 5. The van der Waals surface area contributed by atoms with Gasteiger partial charge in [0.15, 0.2) is 5.65 Å². The standard InChI is InChI=1S/C15H24N6/c1-3-6-16-8-12-5-4-7-21(10-12)15-13-9-19-20(2)14(13)17-11-18-15/h9,11-12,16H,3-8,10H2,1-2H3. The van der Waals surface area contributed by atoms with Gasteiger partial charge in [-0.05, 0) is 38.3 Å². The van der Waals surface area contributed by atoms with Gasteiger partial charge in [0.1, 0.15) is 12.1 Å². The van der Waals surface area contributed by atoms with Gasteiger partial charge in [-0.2, -0.15) is 5.10 Å². The van der Waals surface area contributed by atoms with Crippen LogP contribution in [0, 0.1) is 5.92 Å². The van der Waals surface area contributed by atoms with Crippen LogP contribution in [0.2, 0.25) is 0 Å². The average molecular weight is 288 g/mol. The fraction of sp³-hybridized carbons (Fsp3) is 0.667. The third kappa shape index (κ3) is 3.00. The molecule has 6 heteroatoms. The van der Waals surface area contributed by atoms with Crippen molar-refractivity contribution in [3.05, 3.63) is 12.5 Å². The van der Waals surface area contributed by atoms with E-state index < -0.39 is 0 Å². The van der Waals surface area contributed by atoms with Gasteiger partial charge in [0.2, 0.25) is 0 Å². The van der Waals surface area contributed by atoms with E-state index in [1.165, 1.54) is 19.3 Å². The second-order valence-electron chi connectivity index (χ2n) is 5.86. The van der Waals surface area contributed by atoms with Crippen molar-refractivity contribution in [2.45, 2.75) is 26.2 Å². The zero-order chi connectivity index (χ0) is 14.7. The lowest BCUT2D eigenvalue weighted by atomic mass is 9.98. The number of nitrogens with one attached hydrogen (secondary N) is 1. The molecule has 21 heavy (non-hydrogen) atoms. The van der Waals surface area contributed by atoms with E-state index in [-0.39, 0.29) is 0 Å². The summed E-state index contributed by atoms with van der Waals surface area (Å²) in [4.78, 5) is 11.2. The molecule has 2 aromatic heterocycles. The molecule has 0 bridgehead atoms. The smallest absolute Gasteiger partial charge is 0.163 e. The highest BCUT2D eigenvalue weighted by molar-refractivity contribution is 5.86. The van der Waals surface area contributed by atoms with E-state index >= 15 is 0 Å². The fourth-order valence-corrected chi connectivity index (χ4v) is 3.11. The molecular formula is C15H24N6. The Morgan fingerprint density at radius 3 is 3.14 bits per heavy atom. The lowest BCUT2D eigenvalue weighted by Gasteiger charge is -2.33. The number of hydrogen-bond acceptors (Lipinski definition) is 5. The summed E-state index contributed by atoms with van der Waals surface area (Å²) in [6.45, 7) is 6.56. The van der Waals surface area contributed by atoms with Gasteiger partial charge in [-0.1, -0.05) is 6.92 Å². The van der Waals surface area contributed by atoms with Gasteiger partial charge in [0.25, 0.3) is 0 Å². The molecule has 6 nitrogen and oxygen atoms in total. The van der Waals surface area contributed by atoms with Crippen LogP contribution in [0.25, 0.3) is 11.0 Å². The van der Waals surface area contributed by atoms with Crippen LogP contribution < -0.4 is 10.2 Å². The zero-order valence-corrected chi connectivity index (χ0v) is 12.9. The molecule has 1 aliphatic heterocycles. The van der Waals surface area contributed by atoms with Crippen LogP contribution >= 0.6 is 0 Å². The summed E-state index contributed by atoms with van der Waals surface area (Å²) in [5, 5.41) is 8.91. The van der Waals surface area contributed by atoms with Crippen LogP contribution in [0.4, 0.5) is 5.82 Å². The lowest BCUT2D eigenvalue weighted by molar-refractivity contribution is 0.391. The van der Waals surface area contributed by atoms with E-state index in [4.69, 9.17) is 0 Å². The molecule has 0 spiro atoms. The molecule has 0 aromatic carbocycles. The summed E-state index contributed by atoms with van der Waals surface area (Å²) < 4.78 is 1.81. The van der Waals surface area contributed by atoms with E-state index in [0.29, 0.717) is 5.92 Å². The largest absolute Gasteiger partial charge is 0.356 e. The molecule has 3 heterocycles. The van der Waals surface area contributed by atoms with E-state index in [0.717, 1.165) is 43.0 Å². The van der Waals surface area contributed by atoms with Crippen molar-refractivity contribution in [3.8, 4) is 0 Å². The van der Waals surface area contributed by atoms with Gasteiger partial charge in [-0.15, -0.1) is 0 Å². The van der Waals surface area contributed by atoms with Gasteiger partial charge in [-0.3, -0.25) is 4.68 Å². The Morgan fingerprint density at radius 2 is 2.29 bits per heavy atom. The highest BCUT2D eigenvalue weighted by Crippen LogP contribution is 2.26. The third-order valence-corrected chi connectivity index (χ3v) is 4.19. The van der Waals surface area contributed by atoms with Crippen LogP contribution in [0.3, 0.4) is 0 Å². The Balaban J connectivity index is 1.75. The molecule has 0 aliphatic carbocycles. The predicted octanol–water partition coefficient (Wildman–Crippen LogP) is 1.58. The maximum atomic E-state index is 4.52. The van der Waals surface area contributed by atoms with Crippen molar-refractivity contribution in [2.24, 2.45) is 13.0 Å². The number of fused-ring (bicyclic) bond motifs is 1. The molecule has 1 unspecified atom stereocenters.